The van der Waals surface area contributed by atoms with Gasteiger partial charge in [0.1, 0.15) is 5.78 Å². The summed E-state index contributed by atoms with van der Waals surface area (Å²) >= 11 is 11.0. The third-order valence-electron chi connectivity index (χ3n) is 13.0. The highest BCUT2D eigenvalue weighted by Crippen LogP contribution is 2.22. The van der Waals surface area contributed by atoms with Crippen LogP contribution in [0.5, 0.6) is 0 Å². The lowest BCUT2D eigenvalue weighted by Gasteiger charge is -2.15. The molecular formula is C58H89N11O16S3. The lowest BCUT2D eigenvalue weighted by atomic mass is 10.1. The number of anilines is 3. The average molecular weight is 1290 g/mol. The first kappa shape index (κ1) is 75.6. The Bertz CT molecular complexity index is 2720. The highest BCUT2D eigenvalue weighted by Gasteiger charge is 2.19. The molecule has 1 heterocycles. The van der Waals surface area contributed by atoms with Gasteiger partial charge in [0.05, 0.1) is 31.4 Å². The monoisotopic (exact) mass is 1290 g/mol. The Labute approximate surface area is 525 Å². The van der Waals surface area contributed by atoms with Gasteiger partial charge in [0.15, 0.2) is 5.11 Å². The van der Waals surface area contributed by atoms with Crippen molar-refractivity contribution in [3.05, 3.63) is 48.5 Å². The van der Waals surface area contributed by atoms with Crippen LogP contribution in [-0.2, 0) is 57.6 Å². The second-order valence-corrected chi connectivity index (χ2v) is 23.4. The van der Waals surface area contributed by atoms with Crippen molar-refractivity contribution >= 4 is 103 Å². The molecule has 3 aromatic rings. The van der Waals surface area contributed by atoms with Gasteiger partial charge in [-0.1, -0.05) is 17.3 Å². The molecule has 0 saturated heterocycles. The van der Waals surface area contributed by atoms with Crippen molar-refractivity contribution in [3.63, 3.8) is 0 Å². The third kappa shape index (κ3) is 36.0. The first-order valence-corrected chi connectivity index (χ1v) is 32.5. The zero-order valence-electron chi connectivity index (χ0n) is 50.6. The molecule has 490 valence electrons. The summed E-state index contributed by atoms with van der Waals surface area (Å²) < 4.78 is 45.2. The predicted molar refractivity (Wildman–Crippen MR) is 335 cm³/mol. The van der Waals surface area contributed by atoms with Crippen molar-refractivity contribution in [1.29, 1.82) is 0 Å². The van der Waals surface area contributed by atoms with E-state index in [0.717, 1.165) is 48.3 Å². The number of carbonyl (C=O) groups is 7. The topological polar surface area (TPSA) is 363 Å². The molecule has 0 fully saturated rings. The van der Waals surface area contributed by atoms with Crippen LogP contribution in [-0.4, -0.2) is 186 Å². The number of unbranched alkanes of at least 4 members (excludes halogenated alkanes) is 8. The fourth-order valence-electron chi connectivity index (χ4n) is 8.00. The summed E-state index contributed by atoms with van der Waals surface area (Å²) in [5.41, 5.74) is 2.65. The Morgan fingerprint density at radius 2 is 0.932 bits per heavy atom. The minimum absolute atomic E-state index is 0.00243. The van der Waals surface area contributed by atoms with Gasteiger partial charge in [-0.15, -0.1) is 5.10 Å². The molecule has 27 nitrogen and oxygen atoms in total. The van der Waals surface area contributed by atoms with Gasteiger partial charge in [0, 0.05) is 133 Å². The molecule has 0 spiro atoms. The van der Waals surface area contributed by atoms with Gasteiger partial charge in [-0.2, -0.15) is 0 Å². The minimum Gasteiger partial charge on any atom is -0.408 e. The summed E-state index contributed by atoms with van der Waals surface area (Å²) in [6, 6.07) is 14.0. The van der Waals surface area contributed by atoms with E-state index in [2.05, 4.69) is 42.1 Å². The third-order valence-corrected chi connectivity index (χ3v) is 14.4. The summed E-state index contributed by atoms with van der Waals surface area (Å²) in [5, 5.41) is 56.4. The van der Waals surface area contributed by atoms with Crippen molar-refractivity contribution in [1.82, 2.24) is 41.3 Å². The molecule has 0 atom stereocenters. The number of hydrogen-bond acceptors (Lipinski definition) is 20. The molecular weight excluding hydrogens is 1200 g/mol. The van der Waals surface area contributed by atoms with E-state index in [-0.39, 0.29) is 87.6 Å². The van der Waals surface area contributed by atoms with Crippen LogP contribution in [0.4, 0.5) is 17.1 Å². The maximum Gasteiger partial charge on any atom is 0.335 e. The molecule has 30 heteroatoms. The van der Waals surface area contributed by atoms with E-state index in [1.54, 1.807) is 24.3 Å². The number of nitrogens with zero attached hydrogens (tertiary/aromatic N) is 5. The molecule has 0 radical (unpaired) electrons. The molecule has 6 amide bonds. The Kier molecular flexibility index (Phi) is 38.4. The summed E-state index contributed by atoms with van der Waals surface area (Å²) in [5.74, 6) is -2.45. The molecule has 0 bridgehead atoms. The first-order chi connectivity index (χ1) is 42.2. The molecule has 88 heavy (non-hydrogen) atoms. The molecule has 0 saturated carbocycles. The van der Waals surface area contributed by atoms with E-state index in [4.69, 9.17) is 43.1 Å². The van der Waals surface area contributed by atoms with Crippen molar-refractivity contribution in [3.8, 4) is 11.5 Å². The van der Waals surface area contributed by atoms with Gasteiger partial charge in [-0.3, -0.25) is 49.2 Å². The first-order valence-electron chi connectivity index (χ1n) is 29.8. The fraction of sp³-hybridized carbons (Fsp3) is 0.603. The second-order valence-electron chi connectivity index (χ2n) is 20.6. The number of nitrogens with one attached hydrogen (secondary N) is 6. The maximum absolute atomic E-state index is 12.4. The van der Waals surface area contributed by atoms with Crippen LogP contribution in [0.3, 0.4) is 0 Å². The Balaban J connectivity index is 1.05. The molecule has 0 aliphatic carbocycles. The van der Waals surface area contributed by atoms with Gasteiger partial charge >= 0.3 is 5.22 Å². The summed E-state index contributed by atoms with van der Waals surface area (Å²) in [6.07, 6.45) is 10.5. The van der Waals surface area contributed by atoms with Gasteiger partial charge < -0.3 is 50.5 Å². The summed E-state index contributed by atoms with van der Waals surface area (Å²) in [7, 11) is -3.62. The van der Waals surface area contributed by atoms with Gasteiger partial charge in [0.2, 0.25) is 51.2 Å². The zero-order chi connectivity index (χ0) is 64.4. The quantitative estimate of drug-likeness (QED) is 0.0126. The molecule has 3 rings (SSSR count). The van der Waals surface area contributed by atoms with Gasteiger partial charge in [0.25, 0.3) is 0 Å². The molecule has 1 aromatic heterocycles. The van der Waals surface area contributed by atoms with Crippen LogP contribution >= 0.6 is 24.4 Å². The number of aromatic nitrogens is 2. The number of thiocarbonyl (C=S) groups is 2. The van der Waals surface area contributed by atoms with Crippen LogP contribution in [0.25, 0.3) is 11.5 Å². The number of ether oxygens (including phenoxy) is 3. The van der Waals surface area contributed by atoms with Crippen molar-refractivity contribution in [2.24, 2.45) is 0 Å². The molecule has 0 unspecified atom stereocenters. The van der Waals surface area contributed by atoms with Crippen LogP contribution in [0, 0.1) is 0 Å². The Hall–Kier alpha value is -6.64. The van der Waals surface area contributed by atoms with Crippen molar-refractivity contribution < 1.29 is 76.2 Å². The van der Waals surface area contributed by atoms with E-state index in [1.165, 1.54) is 6.92 Å². The number of benzene rings is 2. The normalized spacial score (nSPS) is 11.1. The number of rotatable bonds is 48. The number of Topliss-reactive ketones (excluding diaryl/α,β-unsaturated/α-hetero) is 1. The zero-order valence-corrected chi connectivity index (χ0v) is 53.0. The summed E-state index contributed by atoms with van der Waals surface area (Å²) in [4.78, 5) is 85.2. The van der Waals surface area contributed by atoms with Crippen LogP contribution in [0.15, 0.2) is 58.2 Å². The van der Waals surface area contributed by atoms with Crippen LogP contribution < -0.4 is 31.9 Å². The Morgan fingerprint density at radius 3 is 1.43 bits per heavy atom. The number of amides is 6. The largest absolute Gasteiger partial charge is 0.408 e. The van der Waals surface area contributed by atoms with Gasteiger partial charge in [-0.25, -0.2) is 23.6 Å². The van der Waals surface area contributed by atoms with E-state index >= 15 is 0 Å². The van der Waals surface area contributed by atoms with E-state index in [1.807, 2.05) is 24.3 Å². The van der Waals surface area contributed by atoms with E-state index in [9.17, 15) is 57.6 Å². The van der Waals surface area contributed by atoms with Crippen molar-refractivity contribution in [2.45, 2.75) is 147 Å². The van der Waals surface area contributed by atoms with Gasteiger partial charge in [-0.05, 0) is 151 Å². The molecule has 0 aliphatic heterocycles. The number of hydroxylamine groups is 6. The summed E-state index contributed by atoms with van der Waals surface area (Å²) in [6.45, 7) is 5.91. The van der Waals surface area contributed by atoms with Crippen LogP contribution in [0.2, 0.25) is 0 Å². The Morgan fingerprint density at radius 1 is 0.489 bits per heavy atom. The lowest BCUT2D eigenvalue weighted by Crippen LogP contribution is -2.31. The second kappa shape index (κ2) is 44.7. The average Bonchev–Trinajstić information content (AvgIpc) is 2.47. The molecule has 0 aliphatic rings. The predicted octanol–water partition coefficient (Wildman–Crippen LogP) is 6.52. The number of ketones is 1. The minimum atomic E-state index is -3.62. The van der Waals surface area contributed by atoms with E-state index < -0.39 is 32.8 Å². The molecule has 9 N–H and O–H groups in total. The maximum atomic E-state index is 12.4. The van der Waals surface area contributed by atoms with Crippen LogP contribution in [0.1, 0.15) is 142 Å². The SMILES string of the molecule is CC(=O)N(O)CCCCCNC(=O)CCC(=O)N(O)CCCCCNC(=O)CCC(=O)N(O)CCCCCNC(=S)Nc1ccc(NC(=S)CCCCOCCOCCOCCCCC(=O)CCC(=O)Nc2ccc(-c3nnc(S(C)(=O)=O)o3)cc2)cc1. The lowest BCUT2D eigenvalue weighted by molar-refractivity contribution is -0.166. The molecule has 2 aromatic carbocycles. The smallest absolute Gasteiger partial charge is 0.335 e. The highest BCUT2D eigenvalue weighted by atomic mass is 32.2. The highest BCUT2D eigenvalue weighted by molar-refractivity contribution is 7.90. The van der Waals surface area contributed by atoms with Crippen molar-refractivity contribution in [2.75, 3.05) is 101 Å². The number of carbonyl (C=O) groups excluding carboxylic acids is 7. The van der Waals surface area contributed by atoms with E-state index in [0.29, 0.717) is 161 Å². The standard InChI is InChI=1S/C58H89N11O16S3/c1-44(70)67(77)35-11-3-8-32-59-50(72)28-30-54(75)68(78)36-12-4-9-33-60-51(73)29-31-55(76)69(79)37-13-5-10-34-61-57(87)64-48-24-22-47(23-25-48)63-53(86)17-7-15-39-83-41-43-84-42-40-82-38-14-6-16-49(71)26-27-52(74)62-46-20-18-45(19-21-46)56-65-66-58(85-56)88(2,80)81/h18-25,77-79H,3-17,26-43H2,1-2H3,(H,59,72)(H,60,73)(H,62,74)(H,63,86)(H2,61,64,87). The number of hydrogen-bond donors (Lipinski definition) is 9. The fourth-order valence-corrected chi connectivity index (χ4v) is 8.90. The number of sulfone groups is 1.